The number of carbonyl (C=O) groups is 1. The van der Waals surface area contributed by atoms with Crippen molar-refractivity contribution >= 4 is 56.3 Å². The molecule has 0 bridgehead atoms. The zero-order valence-electron chi connectivity index (χ0n) is 12.2. The van der Waals surface area contributed by atoms with Gasteiger partial charge in [0.2, 0.25) is 15.9 Å². The first kappa shape index (κ1) is 18.3. The third-order valence-corrected chi connectivity index (χ3v) is 6.33. The standard InChI is InChI=1S/C14H15ClN2O3S3/c1-9-2-3-10(6-12(9)23(16,19)20)17-14(18)8-21-7-11-4-5-13(15)22-11/h2-6H,7-8H2,1H3,(H,17,18)(H2,16,19,20). The van der Waals surface area contributed by atoms with Gasteiger partial charge in [0.15, 0.2) is 0 Å². The molecule has 0 aliphatic heterocycles. The van der Waals surface area contributed by atoms with Crippen LogP contribution in [-0.2, 0) is 20.6 Å². The SMILES string of the molecule is Cc1ccc(NC(=O)CSCc2ccc(Cl)s2)cc1S(N)(=O)=O. The molecule has 124 valence electrons. The van der Waals surface area contributed by atoms with E-state index in [2.05, 4.69) is 5.32 Å². The van der Waals surface area contributed by atoms with E-state index in [1.165, 1.54) is 29.2 Å². The van der Waals surface area contributed by atoms with Crippen molar-refractivity contribution in [1.29, 1.82) is 0 Å². The Morgan fingerprint density at radius 2 is 2.09 bits per heavy atom. The summed E-state index contributed by atoms with van der Waals surface area (Å²) in [5.41, 5.74) is 0.943. The summed E-state index contributed by atoms with van der Waals surface area (Å²) in [4.78, 5) is 13.0. The van der Waals surface area contributed by atoms with Crippen LogP contribution in [0.4, 0.5) is 5.69 Å². The van der Waals surface area contributed by atoms with Crippen molar-refractivity contribution in [3.8, 4) is 0 Å². The van der Waals surface area contributed by atoms with E-state index >= 15 is 0 Å². The van der Waals surface area contributed by atoms with Gasteiger partial charge in [-0.05, 0) is 36.8 Å². The summed E-state index contributed by atoms with van der Waals surface area (Å²) in [5, 5.41) is 7.82. The van der Waals surface area contributed by atoms with Gasteiger partial charge in [-0.3, -0.25) is 4.79 Å². The fraction of sp³-hybridized carbons (Fsp3) is 0.214. The highest BCUT2D eigenvalue weighted by molar-refractivity contribution is 7.99. The fourth-order valence-electron chi connectivity index (χ4n) is 1.86. The van der Waals surface area contributed by atoms with Crippen LogP contribution in [0, 0.1) is 6.92 Å². The normalized spacial score (nSPS) is 11.4. The Bertz CT molecular complexity index is 818. The number of benzene rings is 1. The second kappa shape index (κ2) is 7.67. The Balaban J connectivity index is 1.92. The number of hydrogen-bond donors (Lipinski definition) is 2. The number of sulfonamides is 1. The number of thiophene rings is 1. The molecule has 0 saturated heterocycles. The van der Waals surface area contributed by atoms with Crippen LogP contribution < -0.4 is 10.5 Å². The predicted molar refractivity (Wildman–Crippen MR) is 96.7 cm³/mol. The van der Waals surface area contributed by atoms with Crippen LogP contribution >= 0.6 is 34.7 Å². The molecule has 2 rings (SSSR count). The summed E-state index contributed by atoms with van der Waals surface area (Å²) < 4.78 is 23.7. The number of primary sulfonamides is 1. The second-order valence-corrected chi connectivity index (χ2v) is 9.09. The number of rotatable bonds is 6. The highest BCUT2D eigenvalue weighted by Gasteiger charge is 2.13. The average Bonchev–Trinajstić information content (AvgIpc) is 2.85. The lowest BCUT2D eigenvalue weighted by Crippen LogP contribution is -2.17. The van der Waals surface area contributed by atoms with E-state index in [1.807, 2.05) is 12.1 Å². The van der Waals surface area contributed by atoms with E-state index in [0.29, 0.717) is 17.0 Å². The minimum atomic E-state index is -3.81. The van der Waals surface area contributed by atoms with E-state index in [1.54, 1.807) is 19.1 Å². The Morgan fingerprint density at radius 1 is 1.35 bits per heavy atom. The zero-order valence-corrected chi connectivity index (χ0v) is 15.4. The molecule has 1 heterocycles. The molecule has 0 atom stereocenters. The van der Waals surface area contributed by atoms with Crippen molar-refractivity contribution in [1.82, 2.24) is 0 Å². The first-order valence-electron chi connectivity index (χ1n) is 6.51. The summed E-state index contributed by atoms with van der Waals surface area (Å²) in [6.45, 7) is 1.65. The van der Waals surface area contributed by atoms with Gasteiger partial charge in [0.1, 0.15) is 0 Å². The van der Waals surface area contributed by atoms with Gasteiger partial charge < -0.3 is 5.32 Å². The molecule has 3 N–H and O–H groups in total. The second-order valence-electron chi connectivity index (χ2n) is 4.77. The maximum atomic E-state index is 11.9. The molecule has 0 saturated carbocycles. The maximum absolute atomic E-state index is 11.9. The molecule has 0 fully saturated rings. The van der Waals surface area contributed by atoms with Gasteiger partial charge in [0.05, 0.1) is 15.0 Å². The molecule has 2 aromatic rings. The molecule has 1 aromatic heterocycles. The summed E-state index contributed by atoms with van der Waals surface area (Å²) >= 11 is 8.78. The van der Waals surface area contributed by atoms with Gasteiger partial charge >= 0.3 is 0 Å². The smallest absolute Gasteiger partial charge is 0.238 e. The lowest BCUT2D eigenvalue weighted by atomic mass is 10.2. The molecule has 0 spiro atoms. The molecule has 9 heteroatoms. The number of aryl methyl sites for hydroxylation is 1. The predicted octanol–water partition coefficient (Wildman–Crippen LogP) is 3.23. The quantitative estimate of drug-likeness (QED) is 0.792. The molecule has 1 amide bonds. The number of thioether (sulfide) groups is 1. The lowest BCUT2D eigenvalue weighted by Gasteiger charge is -2.08. The molecule has 0 radical (unpaired) electrons. The Labute approximate surface area is 148 Å². The van der Waals surface area contributed by atoms with Gasteiger partial charge in [0, 0.05) is 16.3 Å². The van der Waals surface area contributed by atoms with Gasteiger partial charge in [-0.2, -0.15) is 0 Å². The van der Waals surface area contributed by atoms with Crippen molar-refractivity contribution in [2.75, 3.05) is 11.1 Å². The number of halogens is 1. The van der Waals surface area contributed by atoms with Gasteiger partial charge in [-0.25, -0.2) is 13.6 Å². The molecule has 23 heavy (non-hydrogen) atoms. The van der Waals surface area contributed by atoms with Gasteiger partial charge in [0.25, 0.3) is 0 Å². The minimum Gasteiger partial charge on any atom is -0.325 e. The number of amides is 1. The fourth-order valence-corrected chi connectivity index (χ4v) is 4.69. The highest BCUT2D eigenvalue weighted by atomic mass is 35.5. The molecule has 0 unspecified atom stereocenters. The number of hydrogen-bond acceptors (Lipinski definition) is 5. The number of anilines is 1. The molecule has 1 aromatic carbocycles. The Morgan fingerprint density at radius 3 is 2.70 bits per heavy atom. The van der Waals surface area contributed by atoms with Crippen LogP contribution in [0.5, 0.6) is 0 Å². The van der Waals surface area contributed by atoms with Crippen LogP contribution in [0.2, 0.25) is 4.34 Å². The number of nitrogens with one attached hydrogen (secondary N) is 1. The third-order valence-electron chi connectivity index (χ3n) is 2.88. The van der Waals surface area contributed by atoms with Crippen molar-refractivity contribution in [3.63, 3.8) is 0 Å². The van der Waals surface area contributed by atoms with Crippen LogP contribution in [0.25, 0.3) is 0 Å². The lowest BCUT2D eigenvalue weighted by molar-refractivity contribution is -0.113. The molecule has 0 aliphatic carbocycles. The topological polar surface area (TPSA) is 89.3 Å². The Kier molecular flexibility index (Phi) is 6.10. The minimum absolute atomic E-state index is 0.0104. The summed E-state index contributed by atoms with van der Waals surface area (Å²) in [6.07, 6.45) is 0. The molecular weight excluding hydrogens is 376 g/mol. The van der Waals surface area contributed by atoms with E-state index < -0.39 is 10.0 Å². The van der Waals surface area contributed by atoms with Crippen LogP contribution in [-0.4, -0.2) is 20.1 Å². The van der Waals surface area contributed by atoms with Crippen molar-refractivity contribution in [2.24, 2.45) is 5.14 Å². The van der Waals surface area contributed by atoms with E-state index in [9.17, 15) is 13.2 Å². The largest absolute Gasteiger partial charge is 0.325 e. The summed E-state index contributed by atoms with van der Waals surface area (Å²) in [5.74, 6) is 0.747. The number of carbonyl (C=O) groups excluding carboxylic acids is 1. The van der Waals surface area contributed by atoms with E-state index in [-0.39, 0.29) is 16.6 Å². The first-order valence-corrected chi connectivity index (χ1v) is 10.4. The van der Waals surface area contributed by atoms with Crippen molar-refractivity contribution < 1.29 is 13.2 Å². The average molecular weight is 391 g/mol. The highest BCUT2D eigenvalue weighted by Crippen LogP contribution is 2.25. The van der Waals surface area contributed by atoms with Gasteiger partial charge in [-0.1, -0.05) is 17.7 Å². The van der Waals surface area contributed by atoms with Crippen LogP contribution in [0.3, 0.4) is 0 Å². The molecular formula is C14H15ClN2O3S3. The zero-order chi connectivity index (χ0) is 17.0. The summed E-state index contributed by atoms with van der Waals surface area (Å²) in [7, 11) is -3.81. The number of nitrogens with two attached hydrogens (primary N) is 1. The van der Waals surface area contributed by atoms with Crippen molar-refractivity contribution in [3.05, 3.63) is 45.1 Å². The van der Waals surface area contributed by atoms with E-state index in [0.717, 1.165) is 9.21 Å². The monoisotopic (exact) mass is 390 g/mol. The van der Waals surface area contributed by atoms with Crippen molar-refractivity contribution in [2.45, 2.75) is 17.6 Å². The maximum Gasteiger partial charge on any atom is 0.238 e. The van der Waals surface area contributed by atoms with Crippen LogP contribution in [0.15, 0.2) is 35.2 Å². The molecule has 0 aliphatic rings. The third kappa shape index (κ3) is 5.50. The Hall–Kier alpha value is -1.06. The van der Waals surface area contributed by atoms with E-state index in [4.69, 9.17) is 16.7 Å². The van der Waals surface area contributed by atoms with Crippen LogP contribution in [0.1, 0.15) is 10.4 Å². The first-order chi connectivity index (χ1) is 10.8. The van der Waals surface area contributed by atoms with Gasteiger partial charge in [-0.15, -0.1) is 23.1 Å². The molecule has 5 nitrogen and oxygen atoms in total. The summed E-state index contributed by atoms with van der Waals surface area (Å²) in [6, 6.07) is 8.37.